The van der Waals surface area contributed by atoms with Gasteiger partial charge in [-0.3, -0.25) is 0 Å². The first-order chi connectivity index (χ1) is 8.47. The van der Waals surface area contributed by atoms with E-state index in [9.17, 15) is 0 Å². The standard InChI is InChI=1S/C13H34N2O2Si2/c1-13(2,3)16-19(7,17-18(4,5)6)12-8-10-15-11-9-14/h15H,8-12,14H2,1-7H3. The maximum Gasteiger partial charge on any atom is 0.325 e. The molecule has 0 bridgehead atoms. The SMILES string of the molecule is CC(C)(C)O[Si](C)(CCCNCCN)O[Si](C)(C)C. The lowest BCUT2D eigenvalue weighted by atomic mass is 10.2. The van der Waals surface area contributed by atoms with E-state index in [4.69, 9.17) is 14.3 Å². The van der Waals surface area contributed by atoms with Gasteiger partial charge in [0.05, 0.1) is 5.60 Å². The molecule has 19 heavy (non-hydrogen) atoms. The van der Waals surface area contributed by atoms with Crippen LogP contribution in [0.4, 0.5) is 0 Å². The maximum absolute atomic E-state index is 6.41. The first-order valence-electron chi connectivity index (χ1n) is 7.29. The third kappa shape index (κ3) is 11.8. The van der Waals surface area contributed by atoms with Crippen LogP contribution in [-0.4, -0.2) is 42.1 Å². The van der Waals surface area contributed by atoms with Crippen molar-refractivity contribution < 1.29 is 8.54 Å². The Bertz CT molecular complexity index is 234. The predicted molar refractivity (Wildman–Crippen MR) is 88.2 cm³/mol. The Hall–Kier alpha value is 0.274. The molecule has 0 radical (unpaired) electrons. The van der Waals surface area contributed by atoms with Crippen molar-refractivity contribution in [2.45, 2.75) is 65.0 Å². The van der Waals surface area contributed by atoms with Crippen LogP contribution in [0.25, 0.3) is 0 Å². The largest absolute Gasteiger partial charge is 0.436 e. The van der Waals surface area contributed by atoms with Crippen LogP contribution in [0.2, 0.25) is 32.2 Å². The van der Waals surface area contributed by atoms with Gasteiger partial charge in [-0.25, -0.2) is 0 Å². The van der Waals surface area contributed by atoms with Crippen molar-refractivity contribution in [2.75, 3.05) is 19.6 Å². The average molecular weight is 307 g/mol. The minimum absolute atomic E-state index is 0.134. The molecule has 0 aromatic heterocycles. The summed E-state index contributed by atoms with van der Waals surface area (Å²) in [5.74, 6) is 0. The van der Waals surface area contributed by atoms with Crippen molar-refractivity contribution in [2.24, 2.45) is 5.73 Å². The Morgan fingerprint density at radius 2 is 1.63 bits per heavy atom. The number of nitrogens with two attached hydrogens (primary N) is 1. The van der Waals surface area contributed by atoms with Crippen LogP contribution in [0.1, 0.15) is 27.2 Å². The van der Waals surface area contributed by atoms with Gasteiger partial charge in [0.1, 0.15) is 0 Å². The molecule has 0 aliphatic heterocycles. The number of rotatable bonds is 9. The van der Waals surface area contributed by atoms with E-state index in [0.29, 0.717) is 6.54 Å². The van der Waals surface area contributed by atoms with Crippen molar-refractivity contribution in [3.05, 3.63) is 0 Å². The van der Waals surface area contributed by atoms with Gasteiger partial charge in [-0.1, -0.05) is 0 Å². The molecule has 0 rings (SSSR count). The Morgan fingerprint density at radius 3 is 2.05 bits per heavy atom. The van der Waals surface area contributed by atoms with Crippen molar-refractivity contribution in [1.82, 2.24) is 5.32 Å². The van der Waals surface area contributed by atoms with E-state index >= 15 is 0 Å². The van der Waals surface area contributed by atoms with Gasteiger partial charge in [0.25, 0.3) is 0 Å². The highest BCUT2D eigenvalue weighted by atomic mass is 28.4. The summed E-state index contributed by atoms with van der Waals surface area (Å²) in [5.41, 5.74) is 5.33. The Labute approximate surface area is 121 Å². The lowest BCUT2D eigenvalue weighted by molar-refractivity contribution is 0.0891. The smallest absolute Gasteiger partial charge is 0.325 e. The fourth-order valence-electron chi connectivity index (χ4n) is 2.18. The van der Waals surface area contributed by atoms with Crippen LogP contribution in [0.3, 0.4) is 0 Å². The second kappa shape index (κ2) is 7.90. The van der Waals surface area contributed by atoms with E-state index in [-0.39, 0.29) is 5.60 Å². The van der Waals surface area contributed by atoms with E-state index in [1.165, 1.54) is 0 Å². The maximum atomic E-state index is 6.41. The second-order valence-electron chi connectivity index (χ2n) is 7.20. The van der Waals surface area contributed by atoms with E-state index in [0.717, 1.165) is 25.6 Å². The molecule has 0 amide bonds. The molecule has 0 aliphatic rings. The topological polar surface area (TPSA) is 56.5 Å². The minimum atomic E-state index is -2.09. The van der Waals surface area contributed by atoms with Crippen LogP contribution >= 0.6 is 0 Å². The van der Waals surface area contributed by atoms with Gasteiger partial charge >= 0.3 is 8.56 Å². The van der Waals surface area contributed by atoms with E-state index < -0.39 is 16.9 Å². The van der Waals surface area contributed by atoms with Crippen molar-refractivity contribution in [3.63, 3.8) is 0 Å². The quantitative estimate of drug-likeness (QED) is 0.508. The first kappa shape index (κ1) is 19.3. The van der Waals surface area contributed by atoms with Gasteiger partial charge in [0.15, 0.2) is 8.32 Å². The highest BCUT2D eigenvalue weighted by molar-refractivity contribution is 6.81. The number of nitrogens with one attached hydrogen (secondary N) is 1. The lowest BCUT2D eigenvalue weighted by Crippen LogP contribution is -2.51. The minimum Gasteiger partial charge on any atom is -0.436 e. The summed E-state index contributed by atoms with van der Waals surface area (Å²) < 4.78 is 12.7. The third-order valence-corrected chi connectivity index (χ3v) is 8.83. The molecular formula is C13H34N2O2Si2. The van der Waals surface area contributed by atoms with Crippen molar-refractivity contribution in [3.8, 4) is 0 Å². The van der Waals surface area contributed by atoms with Gasteiger partial charge in [0.2, 0.25) is 0 Å². The molecule has 0 aromatic carbocycles. The molecule has 1 atom stereocenters. The molecule has 0 aliphatic carbocycles. The van der Waals surface area contributed by atoms with Crippen LogP contribution in [-0.2, 0) is 8.54 Å². The molecule has 116 valence electrons. The molecule has 0 spiro atoms. The zero-order chi connectivity index (χ0) is 15.2. The molecule has 4 nitrogen and oxygen atoms in total. The molecule has 0 heterocycles. The van der Waals surface area contributed by atoms with Crippen LogP contribution in [0.15, 0.2) is 0 Å². The monoisotopic (exact) mass is 306 g/mol. The van der Waals surface area contributed by atoms with E-state index in [1.54, 1.807) is 0 Å². The van der Waals surface area contributed by atoms with Gasteiger partial charge in [-0.15, -0.1) is 0 Å². The Morgan fingerprint density at radius 1 is 1.05 bits per heavy atom. The van der Waals surface area contributed by atoms with Crippen LogP contribution in [0, 0.1) is 0 Å². The van der Waals surface area contributed by atoms with Gasteiger partial charge in [-0.05, 0) is 66.0 Å². The molecule has 0 saturated heterocycles. The van der Waals surface area contributed by atoms with Gasteiger partial charge < -0.3 is 19.6 Å². The van der Waals surface area contributed by atoms with Crippen LogP contribution < -0.4 is 11.1 Å². The molecular weight excluding hydrogens is 272 g/mol. The summed E-state index contributed by atoms with van der Waals surface area (Å²) in [6, 6.07) is 1.03. The Kier molecular flexibility index (Phi) is 8.01. The number of hydrogen-bond donors (Lipinski definition) is 2. The summed E-state index contributed by atoms with van der Waals surface area (Å²) in [6.45, 7) is 17.8. The summed E-state index contributed by atoms with van der Waals surface area (Å²) >= 11 is 0. The summed E-state index contributed by atoms with van der Waals surface area (Å²) in [7, 11) is -3.66. The highest BCUT2D eigenvalue weighted by Gasteiger charge is 2.39. The average Bonchev–Trinajstić information content (AvgIpc) is 2.10. The van der Waals surface area contributed by atoms with Crippen molar-refractivity contribution >= 4 is 16.9 Å². The molecule has 1 unspecified atom stereocenters. The summed E-state index contributed by atoms with van der Waals surface area (Å²) in [4.78, 5) is 0. The number of hydrogen-bond acceptors (Lipinski definition) is 4. The second-order valence-corrected chi connectivity index (χ2v) is 15.2. The lowest BCUT2D eigenvalue weighted by Gasteiger charge is -2.38. The summed E-state index contributed by atoms with van der Waals surface area (Å²) in [6.07, 6.45) is 1.09. The molecule has 0 aromatic rings. The molecule has 0 fully saturated rings. The van der Waals surface area contributed by atoms with Gasteiger partial charge in [0, 0.05) is 13.1 Å². The molecule has 6 heteroatoms. The van der Waals surface area contributed by atoms with Gasteiger partial charge in [-0.2, -0.15) is 0 Å². The molecule has 0 saturated carbocycles. The third-order valence-electron chi connectivity index (χ3n) is 2.35. The summed E-state index contributed by atoms with van der Waals surface area (Å²) in [5, 5.41) is 3.33. The highest BCUT2D eigenvalue weighted by Crippen LogP contribution is 2.26. The van der Waals surface area contributed by atoms with Crippen LogP contribution in [0.5, 0.6) is 0 Å². The first-order valence-corrected chi connectivity index (χ1v) is 13.2. The van der Waals surface area contributed by atoms with E-state index in [1.807, 2.05) is 0 Å². The zero-order valence-corrected chi connectivity index (χ0v) is 15.9. The van der Waals surface area contributed by atoms with E-state index in [2.05, 4.69) is 52.3 Å². The molecule has 3 N–H and O–H groups in total. The zero-order valence-electron chi connectivity index (χ0n) is 13.9. The predicted octanol–water partition coefficient (Wildman–Crippen LogP) is 2.66. The fraction of sp³-hybridized carbons (Fsp3) is 1.00. The normalized spacial score (nSPS) is 16.4. The van der Waals surface area contributed by atoms with Crippen molar-refractivity contribution in [1.29, 1.82) is 0 Å². The fourth-order valence-corrected chi connectivity index (χ4v) is 10.2. The Balaban J connectivity index is 4.41.